The van der Waals surface area contributed by atoms with Crippen LogP contribution in [0, 0.1) is 24.0 Å². The normalized spacial score (nSPS) is 10.3. The summed E-state index contributed by atoms with van der Waals surface area (Å²) in [7, 11) is 0. The topological polar surface area (TPSA) is 82.6 Å². The molecule has 104 valence electrons. The fourth-order valence-corrected chi connectivity index (χ4v) is 1.78. The molecule has 6 nitrogen and oxygen atoms in total. The van der Waals surface area contributed by atoms with E-state index in [1.165, 1.54) is 12.3 Å². The van der Waals surface area contributed by atoms with Gasteiger partial charge in [0.2, 0.25) is 5.78 Å². The van der Waals surface area contributed by atoms with Crippen LogP contribution in [-0.2, 0) is 0 Å². The number of nitro groups is 1. The predicted octanol–water partition coefficient (Wildman–Crippen LogP) is 3.07. The largest absolute Gasteiger partial charge is 0.485 e. The zero-order chi connectivity index (χ0) is 14.7. The Bertz CT molecular complexity index is 646. The summed E-state index contributed by atoms with van der Waals surface area (Å²) < 4.78 is 10.4. The molecule has 0 N–H and O–H groups in total. The number of carbonyl (C=O) groups is 1. The Hall–Kier alpha value is -2.63. The van der Waals surface area contributed by atoms with Gasteiger partial charge in [0.25, 0.3) is 5.69 Å². The van der Waals surface area contributed by atoms with Crippen molar-refractivity contribution >= 4 is 11.5 Å². The Morgan fingerprint density at radius 2 is 2.10 bits per heavy atom. The Morgan fingerprint density at radius 1 is 1.35 bits per heavy atom. The number of Topliss-reactive ketones (excluding diaryl/α,β-unsaturated/α-hetero) is 1. The molecule has 0 saturated carbocycles. The van der Waals surface area contributed by atoms with Gasteiger partial charge in [-0.3, -0.25) is 14.9 Å². The lowest BCUT2D eigenvalue weighted by molar-refractivity contribution is -0.385. The van der Waals surface area contributed by atoms with Gasteiger partial charge in [0.15, 0.2) is 12.4 Å². The molecule has 0 spiro atoms. The SMILES string of the molecule is Cc1cc([N+](=O)[O-])c(C)cc1OCC(=O)c1ccco1. The smallest absolute Gasteiger partial charge is 0.272 e. The molecule has 0 unspecified atom stereocenters. The minimum atomic E-state index is -0.444. The van der Waals surface area contributed by atoms with Crippen LogP contribution < -0.4 is 4.74 Å². The minimum Gasteiger partial charge on any atom is -0.485 e. The van der Waals surface area contributed by atoms with Crippen molar-refractivity contribution in [2.75, 3.05) is 6.61 Å². The number of furan rings is 1. The van der Waals surface area contributed by atoms with Crippen LogP contribution in [0.3, 0.4) is 0 Å². The van der Waals surface area contributed by atoms with Crippen LogP contribution in [-0.4, -0.2) is 17.3 Å². The average molecular weight is 275 g/mol. The summed E-state index contributed by atoms with van der Waals surface area (Å²) in [6.07, 6.45) is 1.41. The van der Waals surface area contributed by atoms with Gasteiger partial charge in [-0.25, -0.2) is 0 Å². The molecule has 20 heavy (non-hydrogen) atoms. The Morgan fingerprint density at radius 3 is 2.70 bits per heavy atom. The molecule has 2 aromatic rings. The first-order chi connectivity index (χ1) is 9.49. The van der Waals surface area contributed by atoms with E-state index in [1.54, 1.807) is 32.0 Å². The van der Waals surface area contributed by atoms with E-state index in [1.807, 2.05) is 0 Å². The predicted molar refractivity (Wildman–Crippen MR) is 71.1 cm³/mol. The van der Waals surface area contributed by atoms with Crippen molar-refractivity contribution in [1.29, 1.82) is 0 Å². The maximum Gasteiger partial charge on any atom is 0.272 e. The zero-order valence-electron chi connectivity index (χ0n) is 11.1. The highest BCUT2D eigenvalue weighted by Crippen LogP contribution is 2.27. The molecule has 2 rings (SSSR count). The third-order valence-electron chi connectivity index (χ3n) is 2.84. The van der Waals surface area contributed by atoms with Crippen molar-refractivity contribution in [3.63, 3.8) is 0 Å². The van der Waals surface area contributed by atoms with Crippen LogP contribution in [0.5, 0.6) is 5.75 Å². The van der Waals surface area contributed by atoms with Gasteiger partial charge in [0.05, 0.1) is 11.2 Å². The van der Waals surface area contributed by atoms with Crippen molar-refractivity contribution in [2.45, 2.75) is 13.8 Å². The van der Waals surface area contributed by atoms with E-state index in [9.17, 15) is 14.9 Å². The number of aryl methyl sites for hydroxylation is 2. The molecule has 0 bridgehead atoms. The highest BCUT2D eigenvalue weighted by atomic mass is 16.6. The van der Waals surface area contributed by atoms with Crippen LogP contribution in [0.4, 0.5) is 5.69 Å². The zero-order valence-corrected chi connectivity index (χ0v) is 11.1. The van der Waals surface area contributed by atoms with Crippen LogP contribution in [0.2, 0.25) is 0 Å². The van der Waals surface area contributed by atoms with Crippen LogP contribution in [0.1, 0.15) is 21.7 Å². The maximum atomic E-state index is 11.7. The van der Waals surface area contributed by atoms with Crippen molar-refractivity contribution in [3.05, 3.63) is 57.5 Å². The first kappa shape index (κ1) is 13.8. The number of carbonyl (C=O) groups excluding carboxylic acids is 1. The molecule has 0 atom stereocenters. The second-order valence-corrected chi connectivity index (χ2v) is 4.35. The molecule has 6 heteroatoms. The van der Waals surface area contributed by atoms with Crippen LogP contribution in [0.15, 0.2) is 34.9 Å². The summed E-state index contributed by atoms with van der Waals surface area (Å²) in [6.45, 7) is 3.14. The lowest BCUT2D eigenvalue weighted by Crippen LogP contribution is -2.11. The third-order valence-corrected chi connectivity index (χ3v) is 2.84. The summed E-state index contributed by atoms with van der Waals surface area (Å²) in [5.41, 5.74) is 1.13. The number of nitrogens with zero attached hydrogens (tertiary/aromatic N) is 1. The first-order valence-corrected chi connectivity index (χ1v) is 5.94. The molecule has 0 aliphatic carbocycles. The second kappa shape index (κ2) is 5.56. The molecular weight excluding hydrogens is 262 g/mol. The minimum absolute atomic E-state index is 0.0345. The van der Waals surface area contributed by atoms with E-state index < -0.39 is 4.92 Å². The van der Waals surface area contributed by atoms with Gasteiger partial charge in [-0.2, -0.15) is 0 Å². The summed E-state index contributed by atoms with van der Waals surface area (Å²) >= 11 is 0. The van der Waals surface area contributed by atoms with E-state index in [0.29, 0.717) is 16.9 Å². The number of nitro benzene ring substituents is 1. The molecular formula is C14H13NO5. The fraction of sp³-hybridized carbons (Fsp3) is 0.214. The van der Waals surface area contributed by atoms with E-state index in [2.05, 4.69) is 0 Å². The lowest BCUT2D eigenvalue weighted by atomic mass is 10.1. The van der Waals surface area contributed by atoms with Crippen LogP contribution >= 0.6 is 0 Å². The van der Waals surface area contributed by atoms with E-state index in [4.69, 9.17) is 9.15 Å². The number of rotatable bonds is 5. The highest BCUT2D eigenvalue weighted by molar-refractivity contribution is 5.94. The third kappa shape index (κ3) is 2.85. The maximum absolute atomic E-state index is 11.7. The Balaban J connectivity index is 2.12. The molecule has 0 amide bonds. The number of ketones is 1. The van der Waals surface area contributed by atoms with Crippen LogP contribution in [0.25, 0.3) is 0 Å². The molecule has 1 aromatic carbocycles. The van der Waals surface area contributed by atoms with Crippen molar-refractivity contribution in [3.8, 4) is 5.75 Å². The first-order valence-electron chi connectivity index (χ1n) is 5.94. The Labute approximate surface area is 115 Å². The summed E-state index contributed by atoms with van der Waals surface area (Å²) in [4.78, 5) is 22.1. The molecule has 1 heterocycles. The van der Waals surface area contributed by atoms with Gasteiger partial charge < -0.3 is 9.15 Å². The number of ether oxygens (including phenoxy) is 1. The van der Waals surface area contributed by atoms with Gasteiger partial charge >= 0.3 is 0 Å². The lowest BCUT2D eigenvalue weighted by Gasteiger charge is -2.09. The second-order valence-electron chi connectivity index (χ2n) is 4.35. The quantitative estimate of drug-likeness (QED) is 0.475. The van der Waals surface area contributed by atoms with E-state index in [-0.39, 0.29) is 23.8 Å². The summed E-state index contributed by atoms with van der Waals surface area (Å²) in [5.74, 6) is 0.389. The van der Waals surface area contributed by atoms with Gasteiger partial charge in [0, 0.05) is 11.6 Å². The fourth-order valence-electron chi connectivity index (χ4n) is 1.78. The molecule has 0 saturated heterocycles. The molecule has 0 aliphatic heterocycles. The number of hydrogen-bond donors (Lipinski definition) is 0. The highest BCUT2D eigenvalue weighted by Gasteiger charge is 2.15. The average Bonchev–Trinajstić information content (AvgIpc) is 2.92. The molecule has 0 radical (unpaired) electrons. The van der Waals surface area contributed by atoms with E-state index >= 15 is 0 Å². The van der Waals surface area contributed by atoms with Crippen molar-refractivity contribution in [2.24, 2.45) is 0 Å². The molecule has 0 aliphatic rings. The monoisotopic (exact) mass is 275 g/mol. The molecule has 0 fully saturated rings. The number of benzene rings is 1. The van der Waals surface area contributed by atoms with Gasteiger partial charge in [-0.05, 0) is 37.6 Å². The Kier molecular flexibility index (Phi) is 3.84. The van der Waals surface area contributed by atoms with Gasteiger partial charge in [-0.1, -0.05) is 0 Å². The molecule has 1 aromatic heterocycles. The summed E-state index contributed by atoms with van der Waals surface area (Å²) in [6, 6.07) is 6.17. The standard InChI is InChI=1S/C14H13NO5/c1-9-7-14(10(2)6-11(9)15(17)18)20-8-12(16)13-4-3-5-19-13/h3-7H,8H2,1-2H3. The summed E-state index contributed by atoms with van der Waals surface area (Å²) in [5, 5.41) is 10.8. The van der Waals surface area contributed by atoms with E-state index in [0.717, 1.165) is 0 Å². The number of hydrogen-bond acceptors (Lipinski definition) is 5. The van der Waals surface area contributed by atoms with Gasteiger partial charge in [-0.15, -0.1) is 0 Å². The van der Waals surface area contributed by atoms with Gasteiger partial charge in [0.1, 0.15) is 5.75 Å². The van der Waals surface area contributed by atoms with Crippen molar-refractivity contribution < 1.29 is 18.9 Å². The van der Waals surface area contributed by atoms with Crippen molar-refractivity contribution in [1.82, 2.24) is 0 Å².